The largest absolute Gasteiger partial charge is 0.457 e. The highest BCUT2D eigenvalue weighted by Gasteiger charge is 2.51. The Bertz CT molecular complexity index is 420. The Kier molecular flexibility index (Phi) is 10.5. The fraction of sp³-hybridized carbons (Fsp3) is 0.812. The minimum Gasteiger partial charge on any atom is -0.457 e. The second-order valence-corrected chi connectivity index (χ2v) is 8.63. The summed E-state index contributed by atoms with van der Waals surface area (Å²) in [7, 11) is 0. The summed E-state index contributed by atoms with van der Waals surface area (Å²) in [6, 6.07) is 0. The van der Waals surface area contributed by atoms with E-state index >= 15 is 0 Å². The maximum absolute atomic E-state index is 13.5. The average molecular weight is 408 g/mol. The number of rotatable bonds is 12. The van der Waals surface area contributed by atoms with Crippen molar-refractivity contribution in [3.8, 4) is 0 Å². The van der Waals surface area contributed by atoms with Crippen LogP contribution in [-0.2, 0) is 9.53 Å². The summed E-state index contributed by atoms with van der Waals surface area (Å²) < 4.78 is 69.3. The summed E-state index contributed by atoms with van der Waals surface area (Å²) in [6.07, 6.45) is -4.81. The van der Waals surface area contributed by atoms with Crippen molar-refractivity contribution in [2.45, 2.75) is 57.2 Å². The van der Waals surface area contributed by atoms with Crippen molar-refractivity contribution in [1.29, 1.82) is 0 Å². The molecule has 0 spiro atoms. The lowest BCUT2D eigenvalue weighted by atomic mass is 10.1. The van der Waals surface area contributed by atoms with Crippen LogP contribution in [0.5, 0.6) is 0 Å². The van der Waals surface area contributed by atoms with Gasteiger partial charge < -0.3 is 4.74 Å². The van der Waals surface area contributed by atoms with E-state index in [1.807, 2.05) is 0 Å². The number of thioether (sulfide) groups is 2. The molecule has 0 radical (unpaired) electrons. The van der Waals surface area contributed by atoms with Gasteiger partial charge in [0.1, 0.15) is 11.8 Å². The fourth-order valence-electron chi connectivity index (χ4n) is 1.48. The van der Waals surface area contributed by atoms with Gasteiger partial charge in [-0.25, -0.2) is 13.6 Å². The number of halogens is 5. The third kappa shape index (κ3) is 11.7. The van der Waals surface area contributed by atoms with E-state index in [0.717, 1.165) is 17.8 Å². The highest BCUT2D eigenvalue weighted by molar-refractivity contribution is 8.00. The van der Waals surface area contributed by atoms with Crippen LogP contribution in [0.15, 0.2) is 12.7 Å². The molecule has 9 heteroatoms. The number of alkyl halides is 5. The van der Waals surface area contributed by atoms with Gasteiger partial charge in [0, 0.05) is 17.6 Å². The van der Waals surface area contributed by atoms with Crippen LogP contribution in [0.4, 0.5) is 22.0 Å². The van der Waals surface area contributed by atoms with E-state index in [-0.39, 0.29) is 11.5 Å². The molecule has 0 saturated heterocycles. The Morgan fingerprint density at radius 2 is 1.52 bits per heavy atom. The highest BCUT2D eigenvalue weighted by Crippen LogP contribution is 2.37. The van der Waals surface area contributed by atoms with Crippen molar-refractivity contribution < 1.29 is 31.5 Å². The topological polar surface area (TPSA) is 26.3 Å². The summed E-state index contributed by atoms with van der Waals surface area (Å²) in [5.41, 5.74) is -4.53. The predicted molar refractivity (Wildman–Crippen MR) is 94.7 cm³/mol. The van der Waals surface area contributed by atoms with Gasteiger partial charge in [0.25, 0.3) is 0 Å². The monoisotopic (exact) mass is 408 g/mol. The lowest BCUT2D eigenvalue weighted by Gasteiger charge is -2.23. The summed E-state index contributed by atoms with van der Waals surface area (Å²) in [4.78, 5) is 11.3. The third-order valence-corrected chi connectivity index (χ3v) is 5.41. The second-order valence-electron chi connectivity index (χ2n) is 6.33. The van der Waals surface area contributed by atoms with Gasteiger partial charge in [0.15, 0.2) is 0 Å². The van der Waals surface area contributed by atoms with Crippen molar-refractivity contribution in [2.24, 2.45) is 0 Å². The van der Waals surface area contributed by atoms with Crippen molar-refractivity contribution in [2.75, 3.05) is 23.0 Å². The van der Waals surface area contributed by atoms with E-state index in [0.29, 0.717) is 24.9 Å². The summed E-state index contributed by atoms with van der Waals surface area (Å²) in [5.74, 6) is 0.445. The van der Waals surface area contributed by atoms with Gasteiger partial charge in [0.2, 0.25) is 5.67 Å². The first-order chi connectivity index (χ1) is 11.3. The average Bonchev–Trinajstić information content (AvgIpc) is 2.45. The normalized spacial score (nSPS) is 16.2. The quantitative estimate of drug-likeness (QED) is 0.188. The van der Waals surface area contributed by atoms with Crippen LogP contribution in [0.25, 0.3) is 0 Å². The second kappa shape index (κ2) is 10.6. The van der Waals surface area contributed by atoms with Crippen LogP contribution in [0.2, 0.25) is 0 Å². The molecule has 148 valence electrons. The van der Waals surface area contributed by atoms with Crippen molar-refractivity contribution in [1.82, 2.24) is 0 Å². The van der Waals surface area contributed by atoms with Crippen LogP contribution in [-0.4, -0.2) is 52.6 Å². The molecule has 0 aromatic carbocycles. The molecule has 0 aromatic heterocycles. The van der Waals surface area contributed by atoms with Crippen molar-refractivity contribution >= 4 is 29.5 Å². The Labute approximate surface area is 154 Å². The number of carbonyl (C=O) groups is 1. The zero-order valence-corrected chi connectivity index (χ0v) is 16.3. The Hall–Kier alpha value is -0.440. The molecule has 0 saturated carbocycles. The van der Waals surface area contributed by atoms with E-state index in [4.69, 9.17) is 4.74 Å². The molecule has 0 fully saturated rings. The fourth-order valence-corrected chi connectivity index (χ4v) is 4.02. The van der Waals surface area contributed by atoms with E-state index < -0.39 is 36.0 Å². The van der Waals surface area contributed by atoms with Gasteiger partial charge in [-0.3, -0.25) is 0 Å². The van der Waals surface area contributed by atoms with Gasteiger partial charge in [-0.1, -0.05) is 6.58 Å². The molecule has 0 amide bonds. The molecule has 2 nitrogen and oxygen atoms in total. The molecule has 0 bridgehead atoms. The van der Waals surface area contributed by atoms with E-state index in [2.05, 4.69) is 6.58 Å². The molecular formula is C16H25F5O2S2. The molecule has 2 atom stereocenters. The number of hydrogen-bond acceptors (Lipinski definition) is 4. The summed E-state index contributed by atoms with van der Waals surface area (Å²) in [5, 5.41) is 0. The molecule has 0 aliphatic rings. The van der Waals surface area contributed by atoms with E-state index in [1.165, 1.54) is 25.6 Å². The standard InChI is InChI=1S/C16H25F5O2S2/c1-5-13(22)23-12(10-24-8-6-14(2,3)17)11-25-9-7-15(4,18)16(19,20)21/h5,12H,1,6-11H2,2-4H3. The summed E-state index contributed by atoms with van der Waals surface area (Å²) in [6.45, 7) is 6.73. The van der Waals surface area contributed by atoms with E-state index in [1.54, 1.807) is 0 Å². The van der Waals surface area contributed by atoms with Crippen LogP contribution in [0, 0.1) is 0 Å². The van der Waals surface area contributed by atoms with Crippen LogP contribution in [0.3, 0.4) is 0 Å². The van der Waals surface area contributed by atoms with Gasteiger partial charge >= 0.3 is 12.1 Å². The number of esters is 1. The number of hydrogen-bond donors (Lipinski definition) is 0. The Balaban J connectivity index is 4.31. The Morgan fingerprint density at radius 1 is 1.04 bits per heavy atom. The SMILES string of the molecule is C=CC(=O)OC(CSCCC(C)(C)F)CSCCC(C)(F)C(F)(F)F. The molecule has 0 aliphatic heterocycles. The summed E-state index contributed by atoms with van der Waals surface area (Å²) >= 11 is 2.47. The molecule has 0 rings (SSSR count). The van der Waals surface area contributed by atoms with Crippen molar-refractivity contribution in [3.05, 3.63) is 12.7 Å². The lowest BCUT2D eigenvalue weighted by Crippen LogP contribution is -2.38. The molecule has 0 heterocycles. The van der Waals surface area contributed by atoms with Gasteiger partial charge in [-0.15, -0.1) is 0 Å². The molecule has 0 aliphatic carbocycles. The maximum atomic E-state index is 13.5. The maximum Gasteiger partial charge on any atom is 0.422 e. The Morgan fingerprint density at radius 3 is 1.92 bits per heavy atom. The smallest absolute Gasteiger partial charge is 0.422 e. The molecule has 25 heavy (non-hydrogen) atoms. The van der Waals surface area contributed by atoms with Gasteiger partial charge in [-0.2, -0.15) is 36.7 Å². The van der Waals surface area contributed by atoms with Crippen LogP contribution >= 0.6 is 23.5 Å². The first kappa shape index (κ1) is 24.6. The zero-order chi connectivity index (χ0) is 19.7. The van der Waals surface area contributed by atoms with Gasteiger partial charge in [-0.05, 0) is 45.1 Å². The van der Waals surface area contributed by atoms with Gasteiger partial charge in [0.05, 0.1) is 0 Å². The predicted octanol–water partition coefficient (Wildman–Crippen LogP) is 5.37. The third-order valence-electron chi connectivity index (χ3n) is 3.20. The first-order valence-corrected chi connectivity index (χ1v) is 10.0. The number of carbonyl (C=O) groups excluding carboxylic acids is 1. The number of ether oxygens (including phenoxy) is 1. The molecular weight excluding hydrogens is 383 g/mol. The molecule has 0 aromatic rings. The van der Waals surface area contributed by atoms with Crippen LogP contribution in [0.1, 0.15) is 33.6 Å². The minimum absolute atomic E-state index is 0.0587. The minimum atomic E-state index is -4.91. The zero-order valence-electron chi connectivity index (χ0n) is 14.6. The van der Waals surface area contributed by atoms with Crippen LogP contribution < -0.4 is 0 Å². The molecule has 2 unspecified atom stereocenters. The highest BCUT2D eigenvalue weighted by atomic mass is 32.2. The van der Waals surface area contributed by atoms with E-state index in [9.17, 15) is 26.7 Å². The molecule has 0 N–H and O–H groups in total. The first-order valence-electron chi connectivity index (χ1n) is 7.71. The van der Waals surface area contributed by atoms with Crippen molar-refractivity contribution in [3.63, 3.8) is 0 Å². The lowest BCUT2D eigenvalue weighted by molar-refractivity contribution is -0.224.